The summed E-state index contributed by atoms with van der Waals surface area (Å²) in [6.07, 6.45) is 17.8. The Hall–Kier alpha value is -3.92. The summed E-state index contributed by atoms with van der Waals surface area (Å²) in [4.78, 5) is 42.4. The number of rotatable bonds is 18. The van der Waals surface area contributed by atoms with Crippen molar-refractivity contribution in [1.82, 2.24) is 25.5 Å². The van der Waals surface area contributed by atoms with E-state index in [9.17, 15) is 9.59 Å². The van der Waals surface area contributed by atoms with Gasteiger partial charge in [0.2, 0.25) is 11.9 Å². The standard InChI is InChI=1S/C38H56N8O4/c1-5-7-10-24-50-25-12-20-39-19-11-21-45-22-17-29(18-23-45)41-36(47)28-15-16-31(34(26-28)49-4)42-38-40-27-33-35(43-38)46(30-13-8-9-14-30)32(6-2)37(48)44(33)3/h1,15-16,26-27,29-30,32,39H,6-14,17-25H2,2-4H3,(H,41,47)(H,40,42,43)/t32-/m1/s1. The van der Waals surface area contributed by atoms with Crippen LogP contribution in [0.15, 0.2) is 24.4 Å². The van der Waals surface area contributed by atoms with Crippen LogP contribution in [0.3, 0.4) is 0 Å². The molecule has 2 aromatic rings. The zero-order chi connectivity index (χ0) is 35.3. The molecule has 0 radical (unpaired) electrons. The number of terminal acetylenes is 1. The second kappa shape index (κ2) is 18.9. The maximum absolute atomic E-state index is 13.3. The van der Waals surface area contributed by atoms with Gasteiger partial charge in [-0.1, -0.05) is 19.8 Å². The molecule has 5 rings (SSSR count). The fraction of sp³-hybridized carbons (Fsp3) is 0.632. The van der Waals surface area contributed by atoms with Crippen LogP contribution in [-0.4, -0.2) is 105 Å². The molecule has 50 heavy (non-hydrogen) atoms. The number of fused-ring (bicyclic) bond motifs is 1. The van der Waals surface area contributed by atoms with Crippen LogP contribution in [0.5, 0.6) is 5.75 Å². The minimum atomic E-state index is -0.239. The molecule has 2 aliphatic heterocycles. The molecule has 0 spiro atoms. The number of anilines is 4. The number of carbonyl (C=O) groups is 2. The Morgan fingerprint density at radius 2 is 1.84 bits per heavy atom. The largest absolute Gasteiger partial charge is 0.495 e. The minimum absolute atomic E-state index is 0.0855. The van der Waals surface area contributed by atoms with Crippen molar-refractivity contribution in [3.8, 4) is 18.1 Å². The van der Waals surface area contributed by atoms with E-state index in [4.69, 9.17) is 20.9 Å². The summed E-state index contributed by atoms with van der Waals surface area (Å²) in [6, 6.07) is 5.59. The summed E-state index contributed by atoms with van der Waals surface area (Å²) in [6.45, 7) is 8.55. The van der Waals surface area contributed by atoms with E-state index in [2.05, 4.69) is 43.6 Å². The first-order valence-electron chi connectivity index (χ1n) is 18.6. The van der Waals surface area contributed by atoms with Crippen molar-refractivity contribution in [2.24, 2.45) is 0 Å². The average Bonchev–Trinajstić information content (AvgIpc) is 3.67. The number of nitrogens with zero attached hydrogens (tertiary/aromatic N) is 5. The maximum Gasteiger partial charge on any atom is 0.251 e. The van der Waals surface area contributed by atoms with Crippen LogP contribution >= 0.6 is 0 Å². The van der Waals surface area contributed by atoms with Gasteiger partial charge in [0.25, 0.3) is 5.91 Å². The highest BCUT2D eigenvalue weighted by atomic mass is 16.5. The van der Waals surface area contributed by atoms with Gasteiger partial charge in [-0.3, -0.25) is 9.59 Å². The quantitative estimate of drug-likeness (QED) is 0.150. The number of ether oxygens (including phenoxy) is 2. The topological polar surface area (TPSA) is 124 Å². The highest BCUT2D eigenvalue weighted by Gasteiger charge is 2.41. The molecule has 3 aliphatic rings. The van der Waals surface area contributed by atoms with Crippen LogP contribution in [0, 0.1) is 12.3 Å². The molecule has 3 N–H and O–H groups in total. The summed E-state index contributed by atoms with van der Waals surface area (Å²) >= 11 is 0. The van der Waals surface area contributed by atoms with E-state index < -0.39 is 0 Å². The van der Waals surface area contributed by atoms with E-state index in [0.717, 1.165) is 122 Å². The molecule has 0 unspecified atom stereocenters. The third kappa shape index (κ3) is 9.65. The van der Waals surface area contributed by atoms with Crippen LogP contribution < -0.4 is 30.5 Å². The summed E-state index contributed by atoms with van der Waals surface area (Å²) in [5.41, 5.74) is 1.93. The first kappa shape index (κ1) is 37.3. The molecule has 2 amide bonds. The summed E-state index contributed by atoms with van der Waals surface area (Å²) < 4.78 is 11.3. The Morgan fingerprint density at radius 3 is 2.58 bits per heavy atom. The number of hydrogen-bond acceptors (Lipinski definition) is 10. The molecular formula is C38H56N8O4. The van der Waals surface area contributed by atoms with E-state index in [1.807, 2.05) is 6.07 Å². The number of unbranched alkanes of at least 4 members (excludes halogenated alkanes) is 1. The smallest absolute Gasteiger partial charge is 0.251 e. The van der Waals surface area contributed by atoms with Gasteiger partial charge in [0.15, 0.2) is 5.82 Å². The SMILES string of the molecule is C#CCCCOCCCNCCCN1CCC(NC(=O)c2ccc(Nc3ncc4c(n3)N(C3CCCC3)[C@H](CC)C(=O)N4C)c(OC)c2)CC1. The zero-order valence-electron chi connectivity index (χ0n) is 30.2. The number of likely N-dealkylation sites (tertiary alicyclic amines) is 1. The van der Waals surface area contributed by atoms with Crippen molar-refractivity contribution in [2.45, 2.75) is 95.7 Å². The van der Waals surface area contributed by atoms with Gasteiger partial charge in [-0.25, -0.2) is 4.98 Å². The van der Waals surface area contributed by atoms with Crippen LogP contribution in [0.1, 0.15) is 87.9 Å². The number of benzene rings is 1. The maximum atomic E-state index is 13.3. The second-order valence-electron chi connectivity index (χ2n) is 13.6. The number of methoxy groups -OCH3 is 1. The predicted molar refractivity (Wildman–Crippen MR) is 198 cm³/mol. The van der Waals surface area contributed by atoms with Crippen LogP contribution in [0.4, 0.5) is 23.1 Å². The first-order valence-corrected chi connectivity index (χ1v) is 18.6. The Balaban J connectivity index is 1.09. The molecule has 2 fully saturated rings. The number of hydrogen-bond donors (Lipinski definition) is 3. The molecule has 1 saturated heterocycles. The number of piperidine rings is 1. The lowest BCUT2D eigenvalue weighted by Crippen LogP contribution is -2.55. The van der Waals surface area contributed by atoms with Crippen LogP contribution in [0.2, 0.25) is 0 Å². The lowest BCUT2D eigenvalue weighted by Gasteiger charge is -2.43. The Kier molecular flexibility index (Phi) is 14.1. The second-order valence-corrected chi connectivity index (χ2v) is 13.6. The lowest BCUT2D eigenvalue weighted by molar-refractivity contribution is -0.120. The van der Waals surface area contributed by atoms with E-state index in [-0.39, 0.29) is 29.9 Å². The van der Waals surface area contributed by atoms with Crippen molar-refractivity contribution in [2.75, 3.05) is 75.2 Å². The lowest BCUT2D eigenvalue weighted by atomic mass is 10.0. The molecule has 1 atom stereocenters. The molecular weight excluding hydrogens is 632 g/mol. The number of nitrogens with one attached hydrogen (secondary N) is 3. The van der Waals surface area contributed by atoms with E-state index in [1.54, 1.807) is 37.4 Å². The van der Waals surface area contributed by atoms with E-state index in [0.29, 0.717) is 29.4 Å². The van der Waals surface area contributed by atoms with Crippen molar-refractivity contribution in [1.29, 1.82) is 0 Å². The minimum Gasteiger partial charge on any atom is -0.495 e. The third-order valence-electron chi connectivity index (χ3n) is 10.1. The van der Waals surface area contributed by atoms with Gasteiger partial charge in [-0.05, 0) is 89.2 Å². The van der Waals surface area contributed by atoms with Crippen LogP contribution in [-0.2, 0) is 9.53 Å². The number of aromatic nitrogens is 2. The van der Waals surface area contributed by atoms with Crippen molar-refractivity contribution < 1.29 is 19.1 Å². The van der Waals surface area contributed by atoms with E-state index >= 15 is 0 Å². The Bertz CT molecular complexity index is 1450. The van der Waals surface area contributed by atoms with Gasteiger partial charge in [-0.15, -0.1) is 12.3 Å². The third-order valence-corrected chi connectivity index (χ3v) is 10.1. The van der Waals surface area contributed by atoms with E-state index in [1.165, 1.54) is 0 Å². The predicted octanol–water partition coefficient (Wildman–Crippen LogP) is 4.73. The molecule has 1 aromatic carbocycles. The number of likely N-dealkylation sites (N-methyl/N-ethyl adjacent to an activating group) is 1. The molecule has 12 heteroatoms. The fourth-order valence-electron chi connectivity index (χ4n) is 7.30. The first-order chi connectivity index (χ1) is 24.4. The Labute approximate surface area is 298 Å². The Morgan fingerprint density at radius 1 is 1.08 bits per heavy atom. The highest BCUT2D eigenvalue weighted by Crippen LogP contribution is 2.40. The highest BCUT2D eigenvalue weighted by molar-refractivity contribution is 6.04. The number of carbonyl (C=O) groups excluding carboxylic acids is 2. The molecule has 1 aliphatic carbocycles. The molecule has 3 heterocycles. The molecule has 272 valence electrons. The van der Waals surface area contributed by atoms with Crippen molar-refractivity contribution >= 4 is 35.0 Å². The van der Waals surface area contributed by atoms with Crippen molar-refractivity contribution in [3.05, 3.63) is 30.0 Å². The van der Waals surface area contributed by atoms with Crippen LogP contribution in [0.25, 0.3) is 0 Å². The summed E-state index contributed by atoms with van der Waals surface area (Å²) in [5, 5.41) is 10.0. The van der Waals surface area contributed by atoms with Gasteiger partial charge in [-0.2, -0.15) is 4.98 Å². The summed E-state index contributed by atoms with van der Waals surface area (Å²) in [5.74, 6) is 4.34. The monoisotopic (exact) mass is 688 g/mol. The normalized spacial score (nSPS) is 18.6. The average molecular weight is 689 g/mol. The van der Waals surface area contributed by atoms with Gasteiger partial charge in [0.05, 0.1) is 19.0 Å². The molecule has 1 aromatic heterocycles. The molecule has 1 saturated carbocycles. The zero-order valence-corrected chi connectivity index (χ0v) is 30.2. The van der Waals surface area contributed by atoms with Gasteiger partial charge in [0.1, 0.15) is 17.5 Å². The summed E-state index contributed by atoms with van der Waals surface area (Å²) in [7, 11) is 3.39. The molecule has 12 nitrogen and oxygen atoms in total. The van der Waals surface area contributed by atoms with Gasteiger partial charge < -0.3 is 40.1 Å². The van der Waals surface area contributed by atoms with Gasteiger partial charge in [0, 0.05) is 57.4 Å². The molecule has 0 bridgehead atoms. The van der Waals surface area contributed by atoms with Gasteiger partial charge >= 0.3 is 0 Å². The fourth-order valence-corrected chi connectivity index (χ4v) is 7.30. The van der Waals surface area contributed by atoms with Crippen molar-refractivity contribution in [3.63, 3.8) is 0 Å². The number of amides is 2.